The Morgan fingerprint density at radius 3 is 2.83 bits per heavy atom. The van der Waals surface area contributed by atoms with Crippen LogP contribution in [0, 0.1) is 0 Å². The van der Waals surface area contributed by atoms with Crippen LogP contribution < -0.4 is 5.69 Å². The van der Waals surface area contributed by atoms with E-state index in [4.69, 9.17) is 16.3 Å². The molecule has 29 heavy (non-hydrogen) atoms. The fraction of sp³-hybridized carbons (Fsp3) is 0.364. The van der Waals surface area contributed by atoms with Crippen LogP contribution in [0.2, 0.25) is 5.02 Å². The van der Waals surface area contributed by atoms with Crippen LogP contribution in [-0.2, 0) is 16.0 Å². The Balaban J connectivity index is 1.36. The van der Waals surface area contributed by atoms with Crippen molar-refractivity contribution in [2.24, 2.45) is 0 Å². The number of fused-ring (bicyclic) bond motifs is 1. The number of H-pyrrole nitrogens is 2. The van der Waals surface area contributed by atoms with Gasteiger partial charge in [-0.3, -0.25) is 4.79 Å². The summed E-state index contributed by atoms with van der Waals surface area (Å²) in [5, 5.41) is 0.664. The van der Waals surface area contributed by atoms with Crippen molar-refractivity contribution in [1.29, 1.82) is 0 Å². The first-order valence-electron chi connectivity index (χ1n) is 9.87. The number of aromatic amines is 2. The van der Waals surface area contributed by atoms with Crippen LogP contribution in [-0.4, -0.2) is 40.0 Å². The van der Waals surface area contributed by atoms with E-state index in [0.717, 1.165) is 35.0 Å². The molecule has 6 nitrogen and oxygen atoms in total. The standard InChI is InChI=1S/C22H24ClN3O3/c1-14-13-29-20(16-6-2-3-7-17(16)23)12-26(14)21(27)8-4-5-15-9-10-18-19(11-15)25-22(28)24-18/h2-3,6-7,9-11,14,20H,4-5,8,12-13H2,1H3,(H2,24,25,28). The van der Waals surface area contributed by atoms with Crippen LogP contribution in [0.4, 0.5) is 0 Å². The summed E-state index contributed by atoms with van der Waals surface area (Å²) in [5.74, 6) is 0.133. The maximum Gasteiger partial charge on any atom is 0.323 e. The van der Waals surface area contributed by atoms with Crippen LogP contribution in [0.3, 0.4) is 0 Å². The Morgan fingerprint density at radius 1 is 1.21 bits per heavy atom. The molecule has 1 aliphatic heterocycles. The Morgan fingerprint density at radius 2 is 2.00 bits per heavy atom. The number of imidazole rings is 1. The number of carbonyl (C=O) groups excluding carboxylic acids is 1. The first-order valence-corrected chi connectivity index (χ1v) is 10.3. The number of nitrogens with one attached hydrogen (secondary N) is 2. The van der Waals surface area contributed by atoms with E-state index < -0.39 is 0 Å². The summed E-state index contributed by atoms with van der Waals surface area (Å²) in [7, 11) is 0. The molecule has 2 unspecified atom stereocenters. The van der Waals surface area contributed by atoms with Gasteiger partial charge in [-0.25, -0.2) is 4.79 Å². The number of hydrogen-bond acceptors (Lipinski definition) is 3. The third-order valence-corrected chi connectivity index (χ3v) is 5.79. The molecule has 4 rings (SSSR count). The van der Waals surface area contributed by atoms with E-state index in [1.54, 1.807) is 0 Å². The zero-order valence-corrected chi connectivity index (χ0v) is 17.0. The van der Waals surface area contributed by atoms with Crippen molar-refractivity contribution in [1.82, 2.24) is 14.9 Å². The second-order valence-electron chi connectivity index (χ2n) is 7.55. The van der Waals surface area contributed by atoms with Crippen LogP contribution in [0.5, 0.6) is 0 Å². The molecule has 0 saturated carbocycles. The van der Waals surface area contributed by atoms with Gasteiger partial charge in [-0.2, -0.15) is 0 Å². The summed E-state index contributed by atoms with van der Waals surface area (Å²) in [5.41, 5.74) is 3.41. The van der Waals surface area contributed by atoms with E-state index in [2.05, 4.69) is 9.97 Å². The number of carbonyl (C=O) groups is 1. The highest BCUT2D eigenvalue weighted by molar-refractivity contribution is 6.31. The molecule has 1 aliphatic rings. The number of morpholine rings is 1. The molecule has 7 heteroatoms. The summed E-state index contributed by atoms with van der Waals surface area (Å²) >= 11 is 6.31. The molecule has 2 atom stereocenters. The minimum atomic E-state index is -0.207. The number of aromatic nitrogens is 2. The van der Waals surface area contributed by atoms with Crippen molar-refractivity contribution in [3.05, 3.63) is 69.1 Å². The van der Waals surface area contributed by atoms with Gasteiger partial charge in [0.1, 0.15) is 6.10 Å². The Bertz CT molecular complexity index is 1070. The van der Waals surface area contributed by atoms with Crippen molar-refractivity contribution >= 4 is 28.5 Å². The normalized spacial score (nSPS) is 19.6. The summed E-state index contributed by atoms with van der Waals surface area (Å²) in [4.78, 5) is 31.7. The predicted octanol–water partition coefficient (Wildman–Crippen LogP) is 3.82. The highest BCUT2D eigenvalue weighted by Crippen LogP contribution is 2.30. The van der Waals surface area contributed by atoms with Crippen molar-refractivity contribution < 1.29 is 9.53 Å². The molecule has 3 aromatic rings. The zero-order valence-electron chi connectivity index (χ0n) is 16.3. The zero-order chi connectivity index (χ0) is 20.4. The smallest absolute Gasteiger partial charge is 0.323 e. The fourth-order valence-corrected chi connectivity index (χ4v) is 4.11. The lowest BCUT2D eigenvalue weighted by Crippen LogP contribution is -2.48. The number of halogens is 1. The number of aryl methyl sites for hydroxylation is 1. The van der Waals surface area contributed by atoms with Gasteiger partial charge in [-0.1, -0.05) is 35.9 Å². The lowest BCUT2D eigenvalue weighted by atomic mass is 10.0. The van der Waals surface area contributed by atoms with Crippen molar-refractivity contribution in [2.45, 2.75) is 38.3 Å². The maximum atomic E-state index is 12.9. The van der Waals surface area contributed by atoms with E-state index in [1.165, 1.54) is 0 Å². The van der Waals surface area contributed by atoms with Crippen LogP contribution >= 0.6 is 11.6 Å². The molecule has 1 amide bonds. The summed E-state index contributed by atoms with van der Waals surface area (Å²) in [6.07, 6.45) is 1.81. The molecule has 0 radical (unpaired) electrons. The van der Waals surface area contributed by atoms with Gasteiger partial charge in [-0.15, -0.1) is 0 Å². The minimum Gasteiger partial charge on any atom is -0.369 e. The number of hydrogen-bond donors (Lipinski definition) is 2. The third-order valence-electron chi connectivity index (χ3n) is 5.44. The fourth-order valence-electron chi connectivity index (χ4n) is 3.85. The van der Waals surface area contributed by atoms with E-state index >= 15 is 0 Å². The SMILES string of the molecule is CC1COC(c2ccccc2Cl)CN1C(=O)CCCc1ccc2[nH]c(=O)[nH]c2c1. The van der Waals surface area contributed by atoms with Crippen LogP contribution in [0.1, 0.15) is 37.0 Å². The highest BCUT2D eigenvalue weighted by Gasteiger charge is 2.30. The number of rotatable bonds is 5. The van der Waals surface area contributed by atoms with Gasteiger partial charge < -0.3 is 19.6 Å². The molecular formula is C22H24ClN3O3. The summed E-state index contributed by atoms with van der Waals surface area (Å²) in [6, 6.07) is 13.5. The number of ether oxygens (including phenoxy) is 1. The molecule has 2 N–H and O–H groups in total. The molecule has 1 fully saturated rings. The van der Waals surface area contributed by atoms with Crippen LogP contribution in [0.15, 0.2) is 47.3 Å². The van der Waals surface area contributed by atoms with E-state index in [-0.39, 0.29) is 23.7 Å². The molecule has 2 aromatic carbocycles. The first-order chi connectivity index (χ1) is 14.0. The molecule has 1 aromatic heterocycles. The van der Waals surface area contributed by atoms with Crippen molar-refractivity contribution in [3.63, 3.8) is 0 Å². The van der Waals surface area contributed by atoms with E-state index in [0.29, 0.717) is 24.6 Å². The quantitative estimate of drug-likeness (QED) is 0.667. The number of amides is 1. The van der Waals surface area contributed by atoms with Gasteiger partial charge in [0.05, 0.1) is 30.2 Å². The lowest BCUT2D eigenvalue weighted by molar-refractivity contribution is -0.144. The van der Waals surface area contributed by atoms with E-state index in [1.807, 2.05) is 54.3 Å². The highest BCUT2D eigenvalue weighted by atomic mass is 35.5. The third kappa shape index (κ3) is 4.38. The topological polar surface area (TPSA) is 78.2 Å². The molecule has 2 heterocycles. The maximum absolute atomic E-state index is 12.9. The average Bonchev–Trinajstić information content (AvgIpc) is 3.08. The van der Waals surface area contributed by atoms with Crippen LogP contribution in [0.25, 0.3) is 11.0 Å². The second kappa shape index (κ2) is 8.43. The molecule has 1 saturated heterocycles. The predicted molar refractivity (Wildman–Crippen MR) is 113 cm³/mol. The van der Waals surface area contributed by atoms with Gasteiger partial charge in [0.25, 0.3) is 0 Å². The Hall–Kier alpha value is -2.57. The first kappa shape index (κ1) is 19.7. The van der Waals surface area contributed by atoms with Gasteiger partial charge in [0, 0.05) is 17.0 Å². The summed E-state index contributed by atoms with van der Waals surface area (Å²) < 4.78 is 5.94. The Labute approximate surface area is 173 Å². The van der Waals surface area contributed by atoms with E-state index in [9.17, 15) is 9.59 Å². The van der Waals surface area contributed by atoms with Crippen molar-refractivity contribution in [2.75, 3.05) is 13.2 Å². The number of benzene rings is 2. The van der Waals surface area contributed by atoms with Gasteiger partial charge in [0.2, 0.25) is 5.91 Å². The monoisotopic (exact) mass is 413 g/mol. The van der Waals surface area contributed by atoms with Gasteiger partial charge in [0.15, 0.2) is 0 Å². The second-order valence-corrected chi connectivity index (χ2v) is 7.96. The van der Waals surface area contributed by atoms with Crippen molar-refractivity contribution in [3.8, 4) is 0 Å². The Kier molecular flexibility index (Phi) is 5.74. The summed E-state index contributed by atoms with van der Waals surface area (Å²) in [6.45, 7) is 3.02. The molecule has 0 aliphatic carbocycles. The minimum absolute atomic E-state index is 0.0440. The lowest BCUT2D eigenvalue weighted by Gasteiger charge is -2.38. The molecule has 0 bridgehead atoms. The molecule has 152 valence electrons. The molecule has 0 spiro atoms. The largest absolute Gasteiger partial charge is 0.369 e. The van der Waals surface area contributed by atoms with Gasteiger partial charge >= 0.3 is 5.69 Å². The molecular weight excluding hydrogens is 390 g/mol. The number of nitrogens with zero attached hydrogens (tertiary/aromatic N) is 1. The van der Waals surface area contributed by atoms with Gasteiger partial charge in [-0.05, 0) is 43.5 Å². The average molecular weight is 414 g/mol.